The number of nitrogens with one attached hydrogen (secondary N) is 1. The van der Waals surface area contributed by atoms with E-state index >= 15 is 0 Å². The molecule has 0 heterocycles. The van der Waals surface area contributed by atoms with E-state index in [1.807, 2.05) is 12.1 Å². The van der Waals surface area contributed by atoms with Gasteiger partial charge in [0.1, 0.15) is 0 Å². The van der Waals surface area contributed by atoms with Crippen LogP contribution >= 0.6 is 11.6 Å². The molecule has 2 aromatic carbocycles. The molecule has 0 aliphatic rings. The average molecular weight is 260 g/mol. The lowest BCUT2D eigenvalue weighted by Gasteiger charge is -2.08. The molecule has 0 saturated carbocycles. The monoisotopic (exact) mass is 259 g/mol. The maximum Gasteiger partial charge on any atom is 0.0406 e. The Bertz CT molecular complexity index is 517. The Morgan fingerprint density at radius 3 is 2.33 bits per heavy atom. The number of halogens is 1. The minimum atomic E-state index is 0.792. The zero-order valence-electron chi connectivity index (χ0n) is 10.8. The molecule has 2 aromatic rings. The molecule has 2 rings (SSSR count). The van der Waals surface area contributed by atoms with Gasteiger partial charge in [0.25, 0.3) is 0 Å². The van der Waals surface area contributed by atoms with Crippen molar-refractivity contribution >= 4 is 17.3 Å². The normalized spacial score (nSPS) is 10.4. The number of hydrogen-bond donors (Lipinski definition) is 1. The van der Waals surface area contributed by atoms with Crippen LogP contribution in [-0.2, 0) is 6.42 Å². The minimum Gasteiger partial charge on any atom is -0.385 e. The van der Waals surface area contributed by atoms with Crippen molar-refractivity contribution in [3.63, 3.8) is 0 Å². The molecule has 0 bridgehead atoms. The maximum absolute atomic E-state index is 5.86. The molecule has 0 saturated heterocycles. The summed E-state index contributed by atoms with van der Waals surface area (Å²) in [5.41, 5.74) is 5.15. The van der Waals surface area contributed by atoms with E-state index in [1.165, 1.54) is 22.4 Å². The van der Waals surface area contributed by atoms with Crippen LogP contribution in [0.25, 0.3) is 0 Å². The predicted octanol–water partition coefficient (Wildman–Crippen LogP) is 4.61. The van der Waals surface area contributed by atoms with Gasteiger partial charge in [-0.05, 0) is 61.2 Å². The third-order valence-corrected chi connectivity index (χ3v) is 3.41. The van der Waals surface area contributed by atoms with Gasteiger partial charge in [-0.2, -0.15) is 0 Å². The molecule has 1 nitrogen and oxygen atoms in total. The molecule has 1 N–H and O–H groups in total. The van der Waals surface area contributed by atoms with E-state index in [4.69, 9.17) is 11.6 Å². The summed E-state index contributed by atoms with van der Waals surface area (Å²) in [7, 11) is 0. The SMILES string of the molecule is Cc1ccc(NCCc2ccc(Cl)cc2)cc1C. The van der Waals surface area contributed by atoms with Gasteiger partial charge in [-0.15, -0.1) is 0 Å². The van der Waals surface area contributed by atoms with Crippen LogP contribution in [0.15, 0.2) is 42.5 Å². The Morgan fingerprint density at radius 1 is 0.944 bits per heavy atom. The fraction of sp³-hybridized carbons (Fsp3) is 0.250. The van der Waals surface area contributed by atoms with E-state index in [0.29, 0.717) is 0 Å². The molecule has 0 amide bonds. The molecule has 2 heteroatoms. The lowest BCUT2D eigenvalue weighted by Crippen LogP contribution is -2.05. The van der Waals surface area contributed by atoms with Crippen molar-refractivity contribution in [2.45, 2.75) is 20.3 Å². The van der Waals surface area contributed by atoms with Gasteiger partial charge in [0.2, 0.25) is 0 Å². The summed E-state index contributed by atoms with van der Waals surface area (Å²) in [6.07, 6.45) is 1.00. The highest BCUT2D eigenvalue weighted by Crippen LogP contribution is 2.14. The van der Waals surface area contributed by atoms with Gasteiger partial charge in [-0.3, -0.25) is 0 Å². The first kappa shape index (κ1) is 13.0. The Kier molecular flexibility index (Phi) is 4.27. The summed E-state index contributed by atoms with van der Waals surface area (Å²) < 4.78 is 0. The first-order chi connectivity index (χ1) is 8.65. The molecule has 0 aliphatic carbocycles. The summed E-state index contributed by atoms with van der Waals surface area (Å²) in [6.45, 7) is 5.21. The van der Waals surface area contributed by atoms with E-state index in [0.717, 1.165) is 18.0 Å². The summed E-state index contributed by atoms with van der Waals surface area (Å²) in [4.78, 5) is 0. The van der Waals surface area contributed by atoms with Crippen LogP contribution in [0, 0.1) is 13.8 Å². The number of rotatable bonds is 4. The molecule has 0 aliphatic heterocycles. The van der Waals surface area contributed by atoms with Crippen molar-refractivity contribution in [3.05, 3.63) is 64.2 Å². The average Bonchev–Trinajstić information content (AvgIpc) is 2.36. The summed E-state index contributed by atoms with van der Waals surface area (Å²) in [5.74, 6) is 0. The van der Waals surface area contributed by atoms with Crippen molar-refractivity contribution in [2.24, 2.45) is 0 Å². The van der Waals surface area contributed by atoms with E-state index in [-0.39, 0.29) is 0 Å². The smallest absolute Gasteiger partial charge is 0.0406 e. The van der Waals surface area contributed by atoms with Gasteiger partial charge in [0.05, 0.1) is 0 Å². The van der Waals surface area contributed by atoms with Crippen molar-refractivity contribution in [1.29, 1.82) is 0 Å². The van der Waals surface area contributed by atoms with Crippen molar-refractivity contribution in [3.8, 4) is 0 Å². The van der Waals surface area contributed by atoms with Crippen LogP contribution < -0.4 is 5.32 Å². The van der Waals surface area contributed by atoms with Crippen molar-refractivity contribution in [2.75, 3.05) is 11.9 Å². The summed E-state index contributed by atoms with van der Waals surface area (Å²) in [5, 5.41) is 4.24. The third-order valence-electron chi connectivity index (χ3n) is 3.16. The molecule has 0 radical (unpaired) electrons. The quantitative estimate of drug-likeness (QED) is 0.845. The molecule has 0 spiro atoms. The second-order valence-corrected chi connectivity index (χ2v) is 5.04. The highest BCUT2D eigenvalue weighted by atomic mass is 35.5. The molecule has 18 heavy (non-hydrogen) atoms. The predicted molar refractivity (Wildman–Crippen MR) is 79.6 cm³/mol. The highest BCUT2D eigenvalue weighted by Gasteiger charge is 1.97. The molecule has 0 aromatic heterocycles. The first-order valence-corrected chi connectivity index (χ1v) is 6.58. The molecular formula is C16H18ClN. The summed E-state index contributed by atoms with van der Waals surface area (Å²) >= 11 is 5.86. The number of anilines is 1. The van der Waals surface area contributed by atoms with Gasteiger partial charge in [-0.25, -0.2) is 0 Å². The number of aryl methyl sites for hydroxylation is 2. The zero-order valence-corrected chi connectivity index (χ0v) is 11.6. The third kappa shape index (κ3) is 3.51. The Balaban J connectivity index is 1.88. The lowest BCUT2D eigenvalue weighted by atomic mass is 10.1. The van der Waals surface area contributed by atoms with E-state index < -0.39 is 0 Å². The first-order valence-electron chi connectivity index (χ1n) is 6.21. The van der Waals surface area contributed by atoms with E-state index in [1.54, 1.807) is 0 Å². The fourth-order valence-corrected chi connectivity index (χ4v) is 1.98. The van der Waals surface area contributed by atoms with Crippen LogP contribution in [0.5, 0.6) is 0 Å². The van der Waals surface area contributed by atoms with Crippen molar-refractivity contribution < 1.29 is 0 Å². The van der Waals surface area contributed by atoms with E-state index in [2.05, 4.69) is 49.5 Å². The topological polar surface area (TPSA) is 12.0 Å². The Morgan fingerprint density at radius 2 is 1.67 bits per heavy atom. The fourth-order valence-electron chi connectivity index (χ4n) is 1.85. The van der Waals surface area contributed by atoms with Gasteiger partial charge < -0.3 is 5.32 Å². The van der Waals surface area contributed by atoms with Crippen LogP contribution in [0.3, 0.4) is 0 Å². The second-order valence-electron chi connectivity index (χ2n) is 4.60. The lowest BCUT2D eigenvalue weighted by molar-refractivity contribution is 1.02. The van der Waals surface area contributed by atoms with Crippen molar-refractivity contribution in [1.82, 2.24) is 0 Å². The van der Waals surface area contributed by atoms with Gasteiger partial charge in [-0.1, -0.05) is 29.8 Å². The minimum absolute atomic E-state index is 0.792. The second kappa shape index (κ2) is 5.92. The van der Waals surface area contributed by atoms with Crippen LogP contribution in [0.1, 0.15) is 16.7 Å². The van der Waals surface area contributed by atoms with Gasteiger partial charge in [0.15, 0.2) is 0 Å². The molecule has 0 atom stereocenters. The van der Waals surface area contributed by atoms with E-state index in [9.17, 15) is 0 Å². The Hall–Kier alpha value is -1.47. The zero-order chi connectivity index (χ0) is 13.0. The van der Waals surface area contributed by atoms with Crippen LogP contribution in [0.4, 0.5) is 5.69 Å². The maximum atomic E-state index is 5.86. The van der Waals surface area contributed by atoms with Crippen LogP contribution in [-0.4, -0.2) is 6.54 Å². The molecule has 0 fully saturated rings. The van der Waals surface area contributed by atoms with Crippen LogP contribution in [0.2, 0.25) is 5.02 Å². The molecular weight excluding hydrogens is 242 g/mol. The number of hydrogen-bond acceptors (Lipinski definition) is 1. The Labute approximate surface area is 114 Å². The van der Waals surface area contributed by atoms with Gasteiger partial charge >= 0.3 is 0 Å². The molecule has 0 unspecified atom stereocenters. The summed E-state index contributed by atoms with van der Waals surface area (Å²) in [6, 6.07) is 14.5. The largest absolute Gasteiger partial charge is 0.385 e. The van der Waals surface area contributed by atoms with Gasteiger partial charge in [0, 0.05) is 17.3 Å². The molecule has 94 valence electrons. The highest BCUT2D eigenvalue weighted by molar-refractivity contribution is 6.30. The number of benzene rings is 2. The standard InChI is InChI=1S/C16H18ClN/c1-12-3-8-16(11-13(12)2)18-10-9-14-4-6-15(17)7-5-14/h3-8,11,18H,9-10H2,1-2H3.